The van der Waals surface area contributed by atoms with Crippen molar-refractivity contribution in [3.05, 3.63) is 30.0 Å². The lowest BCUT2D eigenvalue weighted by molar-refractivity contribution is 0.0951. The molecule has 1 aromatic heterocycles. The topological polar surface area (TPSA) is 55.1 Å². The van der Waals surface area contributed by atoms with Gasteiger partial charge in [-0.25, -0.2) is 0 Å². The highest BCUT2D eigenvalue weighted by Crippen LogP contribution is 2.17. The molecule has 1 N–H and O–H groups in total. The molecule has 0 saturated heterocycles. The van der Waals surface area contributed by atoms with Crippen molar-refractivity contribution in [3.8, 4) is 12.3 Å². The molecule has 0 fully saturated rings. The standard InChI is InChI=1S/C11H8N2O2/c1-2-7-12-11(14)10-8-5-3-4-6-9(8)15-13-10/h1,3-6H,7H2,(H,12,14). The number of para-hydroxylation sites is 1. The molecule has 1 amide bonds. The maximum absolute atomic E-state index is 11.5. The van der Waals surface area contributed by atoms with Crippen LogP contribution in [0.15, 0.2) is 28.8 Å². The van der Waals surface area contributed by atoms with Gasteiger partial charge >= 0.3 is 0 Å². The van der Waals surface area contributed by atoms with Crippen molar-refractivity contribution in [2.45, 2.75) is 0 Å². The number of hydrogen-bond donors (Lipinski definition) is 1. The summed E-state index contributed by atoms with van der Waals surface area (Å²) >= 11 is 0. The first-order valence-corrected chi connectivity index (χ1v) is 4.39. The van der Waals surface area contributed by atoms with Crippen molar-refractivity contribution in [2.75, 3.05) is 6.54 Å². The SMILES string of the molecule is C#CCNC(=O)c1noc2ccccc12. The zero-order valence-corrected chi connectivity index (χ0v) is 7.86. The van der Waals surface area contributed by atoms with Crippen LogP contribution in [0.1, 0.15) is 10.5 Å². The fourth-order valence-corrected chi connectivity index (χ4v) is 1.26. The summed E-state index contributed by atoms with van der Waals surface area (Å²) in [4.78, 5) is 11.5. The van der Waals surface area contributed by atoms with Gasteiger partial charge in [0.25, 0.3) is 5.91 Å². The Morgan fingerprint density at radius 1 is 1.53 bits per heavy atom. The van der Waals surface area contributed by atoms with Gasteiger partial charge in [-0.1, -0.05) is 23.2 Å². The van der Waals surface area contributed by atoms with Gasteiger partial charge in [0.2, 0.25) is 0 Å². The van der Waals surface area contributed by atoms with Crippen molar-refractivity contribution < 1.29 is 9.32 Å². The van der Waals surface area contributed by atoms with E-state index in [1.807, 2.05) is 12.1 Å². The molecular formula is C11H8N2O2. The first-order chi connectivity index (χ1) is 7.33. The van der Waals surface area contributed by atoms with Crippen LogP contribution in [0.5, 0.6) is 0 Å². The van der Waals surface area contributed by atoms with Crippen LogP contribution < -0.4 is 5.32 Å². The fourth-order valence-electron chi connectivity index (χ4n) is 1.26. The number of fused-ring (bicyclic) bond motifs is 1. The molecule has 0 aliphatic carbocycles. The molecule has 2 aromatic rings. The van der Waals surface area contributed by atoms with Crippen LogP contribution in [0.25, 0.3) is 11.0 Å². The number of hydrogen-bond acceptors (Lipinski definition) is 3. The van der Waals surface area contributed by atoms with Crippen molar-refractivity contribution in [2.24, 2.45) is 0 Å². The van der Waals surface area contributed by atoms with E-state index in [1.54, 1.807) is 12.1 Å². The van der Waals surface area contributed by atoms with Crippen molar-refractivity contribution in [1.29, 1.82) is 0 Å². The molecule has 1 heterocycles. The molecule has 0 bridgehead atoms. The zero-order chi connectivity index (χ0) is 10.7. The highest BCUT2D eigenvalue weighted by atomic mass is 16.5. The van der Waals surface area contributed by atoms with E-state index in [4.69, 9.17) is 10.9 Å². The molecule has 0 saturated carbocycles. The Morgan fingerprint density at radius 3 is 3.13 bits per heavy atom. The predicted octanol–water partition coefficient (Wildman–Crippen LogP) is 1.19. The molecule has 1 aromatic carbocycles. The molecule has 0 spiro atoms. The van der Waals surface area contributed by atoms with Gasteiger partial charge in [0.1, 0.15) is 0 Å². The second kappa shape index (κ2) is 3.84. The average molecular weight is 200 g/mol. The van der Waals surface area contributed by atoms with Gasteiger partial charge in [0.05, 0.1) is 11.9 Å². The highest BCUT2D eigenvalue weighted by molar-refractivity contribution is 6.03. The summed E-state index contributed by atoms with van der Waals surface area (Å²) in [6.07, 6.45) is 5.03. The second-order valence-corrected chi connectivity index (χ2v) is 2.91. The van der Waals surface area contributed by atoms with E-state index in [1.165, 1.54) is 0 Å². The van der Waals surface area contributed by atoms with Gasteiger partial charge in [-0.2, -0.15) is 0 Å². The molecule has 0 aliphatic rings. The quantitative estimate of drug-likeness (QED) is 0.741. The van der Waals surface area contributed by atoms with Crippen molar-refractivity contribution in [3.63, 3.8) is 0 Å². The molecule has 15 heavy (non-hydrogen) atoms. The van der Waals surface area contributed by atoms with Gasteiger partial charge in [-0.3, -0.25) is 4.79 Å². The Labute approximate surface area is 86.2 Å². The summed E-state index contributed by atoms with van der Waals surface area (Å²) in [5, 5.41) is 6.91. The minimum absolute atomic E-state index is 0.181. The van der Waals surface area contributed by atoms with Crippen LogP contribution in [-0.4, -0.2) is 17.6 Å². The van der Waals surface area contributed by atoms with Crippen LogP contribution in [0, 0.1) is 12.3 Å². The smallest absolute Gasteiger partial charge is 0.274 e. The number of nitrogens with zero attached hydrogens (tertiary/aromatic N) is 1. The summed E-state index contributed by atoms with van der Waals surface area (Å²) in [6, 6.07) is 7.16. The number of terminal acetylenes is 1. The molecule has 0 atom stereocenters. The number of benzene rings is 1. The summed E-state index contributed by atoms with van der Waals surface area (Å²) in [5.41, 5.74) is 0.851. The molecular weight excluding hydrogens is 192 g/mol. The van der Waals surface area contributed by atoms with Crippen LogP contribution >= 0.6 is 0 Å². The van der Waals surface area contributed by atoms with E-state index >= 15 is 0 Å². The van der Waals surface area contributed by atoms with Gasteiger partial charge in [-0.05, 0) is 12.1 Å². The third kappa shape index (κ3) is 1.67. The molecule has 0 aliphatic heterocycles. The molecule has 2 rings (SSSR count). The molecule has 0 unspecified atom stereocenters. The molecule has 0 radical (unpaired) electrons. The predicted molar refractivity (Wildman–Crippen MR) is 55.2 cm³/mol. The highest BCUT2D eigenvalue weighted by Gasteiger charge is 2.14. The first-order valence-electron chi connectivity index (χ1n) is 4.39. The van der Waals surface area contributed by atoms with Crippen molar-refractivity contribution >= 4 is 16.9 Å². The Hall–Kier alpha value is -2.28. The first kappa shape index (κ1) is 9.28. The van der Waals surface area contributed by atoms with E-state index in [-0.39, 0.29) is 18.1 Å². The lowest BCUT2D eigenvalue weighted by Gasteiger charge is -1.96. The largest absolute Gasteiger partial charge is 0.355 e. The number of carbonyl (C=O) groups excluding carboxylic acids is 1. The van der Waals surface area contributed by atoms with Gasteiger partial charge in [0.15, 0.2) is 11.3 Å². The van der Waals surface area contributed by atoms with E-state index in [0.717, 1.165) is 0 Å². The van der Waals surface area contributed by atoms with E-state index in [0.29, 0.717) is 11.0 Å². The third-order valence-corrected chi connectivity index (χ3v) is 1.94. The fraction of sp³-hybridized carbons (Fsp3) is 0.0909. The normalized spacial score (nSPS) is 9.80. The Kier molecular flexibility index (Phi) is 2.38. The minimum Gasteiger partial charge on any atom is -0.355 e. The summed E-state index contributed by atoms with van der Waals surface area (Å²) in [6.45, 7) is 0.181. The van der Waals surface area contributed by atoms with Gasteiger partial charge in [0, 0.05) is 0 Å². The van der Waals surface area contributed by atoms with Gasteiger partial charge in [-0.15, -0.1) is 6.42 Å². The summed E-state index contributed by atoms with van der Waals surface area (Å²) < 4.78 is 4.99. The maximum atomic E-state index is 11.5. The van der Waals surface area contributed by atoms with Crippen LogP contribution in [0.4, 0.5) is 0 Å². The van der Waals surface area contributed by atoms with E-state index in [2.05, 4.69) is 16.4 Å². The summed E-state index contributed by atoms with van der Waals surface area (Å²) in [7, 11) is 0. The molecule has 4 nitrogen and oxygen atoms in total. The van der Waals surface area contributed by atoms with Crippen molar-refractivity contribution in [1.82, 2.24) is 10.5 Å². The van der Waals surface area contributed by atoms with Crippen LogP contribution in [-0.2, 0) is 0 Å². The number of carbonyl (C=O) groups is 1. The zero-order valence-electron chi connectivity index (χ0n) is 7.86. The lowest BCUT2D eigenvalue weighted by atomic mass is 10.2. The minimum atomic E-state index is -0.321. The van der Waals surface area contributed by atoms with Crippen LogP contribution in [0.3, 0.4) is 0 Å². The Morgan fingerprint density at radius 2 is 2.33 bits per heavy atom. The lowest BCUT2D eigenvalue weighted by Crippen LogP contribution is -2.23. The van der Waals surface area contributed by atoms with Gasteiger partial charge < -0.3 is 9.84 Å². The van der Waals surface area contributed by atoms with E-state index in [9.17, 15) is 4.79 Å². The third-order valence-electron chi connectivity index (χ3n) is 1.94. The number of nitrogens with one attached hydrogen (secondary N) is 1. The molecule has 74 valence electrons. The molecule has 4 heteroatoms. The number of aromatic nitrogens is 1. The monoisotopic (exact) mass is 200 g/mol. The number of amides is 1. The Balaban J connectivity index is 2.36. The maximum Gasteiger partial charge on any atom is 0.274 e. The summed E-state index contributed by atoms with van der Waals surface area (Å²) in [5.74, 6) is 2.00. The second-order valence-electron chi connectivity index (χ2n) is 2.91. The van der Waals surface area contributed by atoms with Crippen LogP contribution in [0.2, 0.25) is 0 Å². The number of rotatable bonds is 2. The Bertz CT molecular complexity index is 537. The average Bonchev–Trinajstić information content (AvgIpc) is 2.69. The van der Waals surface area contributed by atoms with E-state index < -0.39 is 0 Å².